The van der Waals surface area contributed by atoms with Crippen molar-refractivity contribution in [3.63, 3.8) is 0 Å². The van der Waals surface area contributed by atoms with Gasteiger partial charge in [-0.05, 0) is 18.2 Å². The lowest BCUT2D eigenvalue weighted by Gasteiger charge is -2.09. The quantitative estimate of drug-likeness (QED) is 0.794. The second kappa shape index (κ2) is 4.81. The van der Waals surface area contributed by atoms with Crippen LogP contribution < -0.4 is 5.32 Å². The number of aromatic nitrogens is 3. The average Bonchev–Trinajstić information content (AvgIpc) is 3.39. The minimum Gasteiger partial charge on any atom is -0.373 e. The van der Waals surface area contributed by atoms with Gasteiger partial charge in [0.2, 0.25) is 0 Å². The van der Waals surface area contributed by atoms with Gasteiger partial charge in [-0.1, -0.05) is 24.3 Å². The fourth-order valence-corrected chi connectivity index (χ4v) is 2.58. The molecule has 1 aliphatic carbocycles. The Hall–Kier alpha value is -2.49. The van der Waals surface area contributed by atoms with Gasteiger partial charge in [-0.2, -0.15) is 0 Å². The second-order valence-corrected chi connectivity index (χ2v) is 5.43. The van der Waals surface area contributed by atoms with Crippen molar-refractivity contribution in [1.29, 1.82) is 0 Å². The minimum absolute atomic E-state index is 0.528. The van der Waals surface area contributed by atoms with Gasteiger partial charge in [-0.25, -0.2) is 9.97 Å². The highest BCUT2D eigenvalue weighted by molar-refractivity contribution is 5.95. The van der Waals surface area contributed by atoms with Gasteiger partial charge in [0.15, 0.2) is 0 Å². The summed E-state index contributed by atoms with van der Waals surface area (Å²) in [6, 6.07) is 10.3. The molecule has 0 bridgehead atoms. The van der Waals surface area contributed by atoms with E-state index in [0.717, 1.165) is 28.3 Å². The summed E-state index contributed by atoms with van der Waals surface area (Å²) in [7, 11) is 1.89. The van der Waals surface area contributed by atoms with E-state index < -0.39 is 0 Å². The number of hydrogen-bond acceptors (Lipinski definition) is 4. The molecule has 0 amide bonds. The van der Waals surface area contributed by atoms with Crippen LogP contribution in [0.1, 0.15) is 24.6 Å². The first-order valence-electron chi connectivity index (χ1n) is 7.25. The number of nitrogens with zero attached hydrogens (tertiary/aromatic N) is 3. The molecule has 1 aliphatic rings. The Labute approximate surface area is 123 Å². The Morgan fingerprint density at radius 3 is 2.76 bits per heavy atom. The van der Waals surface area contributed by atoms with E-state index in [-0.39, 0.29) is 0 Å². The standard InChI is InChI=1S/C17H16N4/c1-18-16-8-15(20-17(21-16)11-6-7-11)14-10-19-9-12-4-2-3-5-13(12)14/h2-5,8-11H,6-7H2,1H3,(H,18,20,21). The van der Waals surface area contributed by atoms with Crippen LogP contribution in [0.15, 0.2) is 42.7 Å². The van der Waals surface area contributed by atoms with Crippen LogP contribution in [-0.4, -0.2) is 22.0 Å². The van der Waals surface area contributed by atoms with Crippen LogP contribution in [0.3, 0.4) is 0 Å². The van der Waals surface area contributed by atoms with Crippen molar-refractivity contribution in [1.82, 2.24) is 15.0 Å². The SMILES string of the molecule is CNc1cc(-c2cncc3ccccc23)nc(C2CC2)n1. The monoisotopic (exact) mass is 276 g/mol. The highest BCUT2D eigenvalue weighted by Crippen LogP contribution is 2.39. The molecule has 4 heteroatoms. The molecule has 104 valence electrons. The van der Waals surface area contributed by atoms with Crippen molar-refractivity contribution in [3.05, 3.63) is 48.5 Å². The van der Waals surface area contributed by atoms with E-state index in [1.165, 1.54) is 18.2 Å². The molecule has 0 radical (unpaired) electrons. The molecule has 4 rings (SSSR count). The van der Waals surface area contributed by atoms with Crippen molar-refractivity contribution in [2.24, 2.45) is 0 Å². The van der Waals surface area contributed by atoms with Crippen LogP contribution in [-0.2, 0) is 0 Å². The number of hydrogen-bond donors (Lipinski definition) is 1. The molecular weight excluding hydrogens is 260 g/mol. The largest absolute Gasteiger partial charge is 0.373 e. The Morgan fingerprint density at radius 2 is 1.95 bits per heavy atom. The number of anilines is 1. The maximum atomic E-state index is 4.77. The summed E-state index contributed by atoms with van der Waals surface area (Å²) in [6.07, 6.45) is 6.17. The molecule has 0 saturated heterocycles. The summed E-state index contributed by atoms with van der Waals surface area (Å²) in [5.74, 6) is 2.35. The molecule has 2 heterocycles. The van der Waals surface area contributed by atoms with Gasteiger partial charge in [0.05, 0.1) is 5.69 Å². The predicted molar refractivity (Wildman–Crippen MR) is 84.3 cm³/mol. The molecule has 0 unspecified atom stereocenters. The topological polar surface area (TPSA) is 50.7 Å². The summed E-state index contributed by atoms with van der Waals surface area (Å²) < 4.78 is 0. The van der Waals surface area contributed by atoms with Crippen LogP contribution in [0.2, 0.25) is 0 Å². The zero-order valence-electron chi connectivity index (χ0n) is 11.9. The van der Waals surface area contributed by atoms with Crippen molar-refractivity contribution < 1.29 is 0 Å². The van der Waals surface area contributed by atoms with Gasteiger partial charge >= 0.3 is 0 Å². The van der Waals surface area contributed by atoms with Gasteiger partial charge in [0, 0.05) is 42.4 Å². The van der Waals surface area contributed by atoms with Crippen LogP contribution in [0.5, 0.6) is 0 Å². The lowest BCUT2D eigenvalue weighted by Crippen LogP contribution is -2.01. The molecule has 1 saturated carbocycles. The number of fused-ring (bicyclic) bond motifs is 1. The predicted octanol–water partition coefficient (Wildman–Crippen LogP) is 3.61. The highest BCUT2D eigenvalue weighted by atomic mass is 15.0. The van der Waals surface area contributed by atoms with Gasteiger partial charge in [-0.3, -0.25) is 4.98 Å². The van der Waals surface area contributed by atoms with E-state index in [2.05, 4.69) is 27.4 Å². The molecular formula is C17H16N4. The summed E-state index contributed by atoms with van der Waals surface area (Å²) >= 11 is 0. The van der Waals surface area contributed by atoms with Crippen molar-refractivity contribution in [3.8, 4) is 11.3 Å². The fourth-order valence-electron chi connectivity index (χ4n) is 2.58. The fraction of sp³-hybridized carbons (Fsp3) is 0.235. The highest BCUT2D eigenvalue weighted by Gasteiger charge is 2.27. The number of benzene rings is 1. The Bertz CT molecular complexity index is 803. The third-order valence-corrected chi connectivity index (χ3v) is 3.89. The lowest BCUT2D eigenvalue weighted by molar-refractivity contribution is 0.932. The number of pyridine rings is 1. The third kappa shape index (κ3) is 2.23. The molecule has 21 heavy (non-hydrogen) atoms. The van der Waals surface area contributed by atoms with Gasteiger partial charge in [-0.15, -0.1) is 0 Å². The Balaban J connectivity index is 1.93. The van der Waals surface area contributed by atoms with Crippen LogP contribution in [0, 0.1) is 0 Å². The summed E-state index contributed by atoms with van der Waals surface area (Å²) in [5, 5.41) is 5.44. The van der Waals surface area contributed by atoms with Crippen LogP contribution >= 0.6 is 0 Å². The van der Waals surface area contributed by atoms with Crippen LogP contribution in [0.4, 0.5) is 5.82 Å². The zero-order chi connectivity index (χ0) is 14.2. The molecule has 0 aliphatic heterocycles. The van der Waals surface area contributed by atoms with E-state index in [4.69, 9.17) is 4.98 Å². The summed E-state index contributed by atoms with van der Waals surface area (Å²) in [5.41, 5.74) is 2.01. The first-order chi connectivity index (χ1) is 10.3. The molecule has 2 aromatic heterocycles. The Kier molecular flexibility index (Phi) is 2.81. The normalized spacial score (nSPS) is 14.3. The maximum absolute atomic E-state index is 4.77. The molecule has 0 spiro atoms. The molecule has 4 nitrogen and oxygen atoms in total. The third-order valence-electron chi connectivity index (χ3n) is 3.89. The van der Waals surface area contributed by atoms with E-state index in [0.29, 0.717) is 5.92 Å². The molecule has 0 atom stereocenters. The summed E-state index contributed by atoms with van der Waals surface area (Å²) in [6.45, 7) is 0. The van der Waals surface area contributed by atoms with Gasteiger partial charge < -0.3 is 5.32 Å². The Morgan fingerprint density at radius 1 is 1.10 bits per heavy atom. The van der Waals surface area contributed by atoms with Gasteiger partial charge in [0.25, 0.3) is 0 Å². The van der Waals surface area contributed by atoms with Crippen molar-refractivity contribution in [2.75, 3.05) is 12.4 Å². The first-order valence-corrected chi connectivity index (χ1v) is 7.25. The minimum atomic E-state index is 0.528. The van der Waals surface area contributed by atoms with Crippen molar-refractivity contribution >= 4 is 16.6 Å². The first kappa shape index (κ1) is 12.3. The smallest absolute Gasteiger partial charge is 0.134 e. The zero-order valence-corrected chi connectivity index (χ0v) is 11.9. The summed E-state index contributed by atoms with van der Waals surface area (Å²) in [4.78, 5) is 13.7. The average molecular weight is 276 g/mol. The lowest BCUT2D eigenvalue weighted by atomic mass is 10.1. The van der Waals surface area contributed by atoms with E-state index in [1.807, 2.05) is 37.6 Å². The van der Waals surface area contributed by atoms with E-state index in [9.17, 15) is 0 Å². The maximum Gasteiger partial charge on any atom is 0.134 e. The molecule has 1 fully saturated rings. The van der Waals surface area contributed by atoms with Crippen molar-refractivity contribution in [2.45, 2.75) is 18.8 Å². The number of rotatable bonds is 3. The molecule has 1 N–H and O–H groups in total. The van der Waals surface area contributed by atoms with Gasteiger partial charge in [0.1, 0.15) is 11.6 Å². The molecule has 3 aromatic rings. The number of nitrogens with one attached hydrogen (secondary N) is 1. The second-order valence-electron chi connectivity index (χ2n) is 5.43. The molecule has 1 aromatic carbocycles. The van der Waals surface area contributed by atoms with E-state index >= 15 is 0 Å². The van der Waals surface area contributed by atoms with Crippen LogP contribution in [0.25, 0.3) is 22.0 Å². The van der Waals surface area contributed by atoms with E-state index in [1.54, 1.807) is 0 Å².